The van der Waals surface area contributed by atoms with Gasteiger partial charge in [-0.2, -0.15) is 0 Å². The smallest absolute Gasteiger partial charge is 0.0110 e. The van der Waals surface area contributed by atoms with Crippen molar-refractivity contribution in [3.63, 3.8) is 0 Å². The first-order valence-corrected chi connectivity index (χ1v) is 13.5. The van der Waals surface area contributed by atoms with Gasteiger partial charge in [-0.1, -0.05) is 121 Å². The lowest BCUT2D eigenvalue weighted by molar-refractivity contribution is 0.251. The van der Waals surface area contributed by atoms with Crippen molar-refractivity contribution in [2.45, 2.75) is 23.7 Å². The van der Waals surface area contributed by atoms with Crippen LogP contribution in [0.1, 0.15) is 45.9 Å². The molecule has 4 unspecified atom stereocenters. The Kier molecular flexibility index (Phi) is 6.98. The van der Waals surface area contributed by atoms with Crippen LogP contribution in [0, 0.1) is 0 Å². The molecule has 2 nitrogen and oxygen atoms in total. The average molecular weight is 473 g/mol. The van der Waals surface area contributed by atoms with Crippen LogP contribution in [-0.4, -0.2) is 49.1 Å². The maximum Gasteiger partial charge on any atom is 0.0110 e. The van der Waals surface area contributed by atoms with Crippen LogP contribution in [0.2, 0.25) is 0 Å². The van der Waals surface area contributed by atoms with Gasteiger partial charge in [-0.3, -0.25) is 0 Å². The van der Waals surface area contributed by atoms with Crippen LogP contribution in [0.4, 0.5) is 0 Å². The van der Waals surface area contributed by atoms with E-state index in [4.69, 9.17) is 0 Å². The molecular formula is C34H36N2. The minimum atomic E-state index is 0.557. The van der Waals surface area contributed by atoms with Gasteiger partial charge in [0.05, 0.1) is 0 Å². The molecule has 0 bridgehead atoms. The molecular weight excluding hydrogens is 436 g/mol. The van der Waals surface area contributed by atoms with Crippen LogP contribution in [0.3, 0.4) is 0 Å². The fourth-order valence-corrected chi connectivity index (χ4v) is 6.57. The topological polar surface area (TPSA) is 6.48 Å². The SMILES string of the molecule is c1ccc(C2CN(CCN3CC(c4ccccc4)C(c4ccccc4)C3)CC2c2ccccc2)cc1. The monoisotopic (exact) mass is 472 g/mol. The maximum absolute atomic E-state index is 2.71. The molecule has 2 aliphatic heterocycles. The summed E-state index contributed by atoms with van der Waals surface area (Å²) in [4.78, 5) is 5.42. The van der Waals surface area contributed by atoms with Gasteiger partial charge in [0.2, 0.25) is 0 Å². The molecule has 4 aromatic rings. The van der Waals surface area contributed by atoms with Crippen LogP contribution in [0.15, 0.2) is 121 Å². The number of hydrogen-bond donors (Lipinski definition) is 0. The first-order valence-electron chi connectivity index (χ1n) is 13.5. The van der Waals surface area contributed by atoms with Gasteiger partial charge < -0.3 is 9.80 Å². The zero-order valence-corrected chi connectivity index (χ0v) is 21.0. The summed E-state index contributed by atoms with van der Waals surface area (Å²) < 4.78 is 0. The van der Waals surface area contributed by atoms with Crippen molar-refractivity contribution in [1.29, 1.82) is 0 Å². The zero-order valence-electron chi connectivity index (χ0n) is 21.0. The van der Waals surface area contributed by atoms with Gasteiger partial charge in [0.15, 0.2) is 0 Å². The Bertz CT molecular complexity index is 1020. The van der Waals surface area contributed by atoms with Gasteiger partial charge in [-0.15, -0.1) is 0 Å². The molecule has 0 aromatic heterocycles. The van der Waals surface area contributed by atoms with Crippen LogP contribution >= 0.6 is 0 Å². The van der Waals surface area contributed by atoms with Gasteiger partial charge in [0.1, 0.15) is 0 Å². The highest BCUT2D eigenvalue weighted by Crippen LogP contribution is 2.41. The lowest BCUT2D eigenvalue weighted by Crippen LogP contribution is -2.33. The number of hydrogen-bond acceptors (Lipinski definition) is 2. The minimum Gasteiger partial charge on any atom is -0.301 e. The highest BCUT2D eigenvalue weighted by molar-refractivity contribution is 5.33. The summed E-state index contributed by atoms with van der Waals surface area (Å²) >= 11 is 0. The van der Waals surface area contributed by atoms with Crippen LogP contribution in [-0.2, 0) is 0 Å². The Balaban J connectivity index is 1.16. The highest BCUT2D eigenvalue weighted by atomic mass is 15.2. The number of likely N-dealkylation sites (tertiary alicyclic amines) is 2. The highest BCUT2D eigenvalue weighted by Gasteiger charge is 2.37. The predicted molar refractivity (Wildman–Crippen MR) is 150 cm³/mol. The summed E-state index contributed by atoms with van der Waals surface area (Å²) in [6.45, 7) is 6.83. The molecule has 0 spiro atoms. The molecule has 2 heteroatoms. The molecule has 182 valence electrons. The molecule has 0 aliphatic carbocycles. The lowest BCUT2D eigenvalue weighted by Gasteiger charge is -2.21. The van der Waals surface area contributed by atoms with E-state index in [1.54, 1.807) is 0 Å². The molecule has 0 amide bonds. The number of rotatable bonds is 7. The third-order valence-electron chi connectivity index (χ3n) is 8.43. The van der Waals surface area contributed by atoms with Crippen molar-refractivity contribution in [2.75, 3.05) is 39.3 Å². The van der Waals surface area contributed by atoms with Crippen molar-refractivity contribution in [3.8, 4) is 0 Å². The molecule has 2 fully saturated rings. The summed E-state index contributed by atoms with van der Waals surface area (Å²) in [5.41, 5.74) is 5.90. The van der Waals surface area contributed by atoms with E-state index in [-0.39, 0.29) is 0 Å². The second-order valence-corrected chi connectivity index (χ2v) is 10.6. The summed E-state index contributed by atoms with van der Waals surface area (Å²) in [5.74, 6) is 2.23. The van der Waals surface area contributed by atoms with E-state index < -0.39 is 0 Å². The molecule has 0 N–H and O–H groups in total. The van der Waals surface area contributed by atoms with E-state index in [2.05, 4.69) is 131 Å². The average Bonchev–Trinajstić information content (AvgIpc) is 3.59. The van der Waals surface area contributed by atoms with Crippen LogP contribution < -0.4 is 0 Å². The van der Waals surface area contributed by atoms with Gasteiger partial charge in [-0.05, 0) is 22.3 Å². The summed E-state index contributed by atoms with van der Waals surface area (Å²) in [6.07, 6.45) is 0. The Labute approximate surface area is 216 Å². The van der Waals surface area contributed by atoms with Gasteiger partial charge in [0.25, 0.3) is 0 Å². The third kappa shape index (κ3) is 5.02. The number of benzene rings is 4. The number of nitrogens with zero attached hydrogens (tertiary/aromatic N) is 2. The molecule has 2 aliphatic rings. The zero-order chi connectivity index (χ0) is 24.2. The Hall–Kier alpha value is -3.20. The molecule has 6 rings (SSSR count). The fraction of sp³-hybridized carbons (Fsp3) is 0.294. The molecule has 4 atom stereocenters. The van der Waals surface area contributed by atoms with Gasteiger partial charge in [0, 0.05) is 62.9 Å². The fourth-order valence-electron chi connectivity index (χ4n) is 6.57. The van der Waals surface area contributed by atoms with Crippen LogP contribution in [0.5, 0.6) is 0 Å². The van der Waals surface area contributed by atoms with Crippen molar-refractivity contribution in [2.24, 2.45) is 0 Å². The van der Waals surface area contributed by atoms with E-state index in [0.29, 0.717) is 23.7 Å². The van der Waals surface area contributed by atoms with Crippen molar-refractivity contribution in [3.05, 3.63) is 144 Å². The molecule has 36 heavy (non-hydrogen) atoms. The van der Waals surface area contributed by atoms with Gasteiger partial charge in [-0.25, -0.2) is 0 Å². The molecule has 0 radical (unpaired) electrons. The Morgan fingerprint density at radius 3 is 0.806 bits per heavy atom. The van der Waals surface area contributed by atoms with Crippen molar-refractivity contribution in [1.82, 2.24) is 9.80 Å². The lowest BCUT2D eigenvalue weighted by atomic mass is 9.84. The van der Waals surface area contributed by atoms with E-state index in [9.17, 15) is 0 Å². The van der Waals surface area contributed by atoms with E-state index in [0.717, 1.165) is 39.3 Å². The predicted octanol–water partition coefficient (Wildman–Crippen LogP) is 6.75. The van der Waals surface area contributed by atoms with E-state index in [1.807, 2.05) is 0 Å². The summed E-state index contributed by atoms with van der Waals surface area (Å²) in [7, 11) is 0. The molecule has 2 saturated heterocycles. The van der Waals surface area contributed by atoms with Crippen molar-refractivity contribution >= 4 is 0 Å². The summed E-state index contributed by atoms with van der Waals surface area (Å²) in [5, 5.41) is 0. The molecule has 2 heterocycles. The van der Waals surface area contributed by atoms with E-state index in [1.165, 1.54) is 22.3 Å². The minimum absolute atomic E-state index is 0.557. The standard InChI is InChI=1S/C34H36N2/c1-5-13-27(14-6-1)31-23-35(24-32(31)28-15-7-2-8-16-28)21-22-36-25-33(29-17-9-3-10-18-29)34(26-36)30-19-11-4-12-20-30/h1-20,31-34H,21-26H2. The third-order valence-corrected chi connectivity index (χ3v) is 8.43. The second-order valence-electron chi connectivity index (χ2n) is 10.6. The van der Waals surface area contributed by atoms with Gasteiger partial charge >= 0.3 is 0 Å². The normalized spacial score (nSPS) is 24.8. The molecule has 0 saturated carbocycles. The first-order chi connectivity index (χ1) is 17.8. The largest absolute Gasteiger partial charge is 0.301 e. The van der Waals surface area contributed by atoms with E-state index >= 15 is 0 Å². The van der Waals surface area contributed by atoms with Crippen molar-refractivity contribution < 1.29 is 0 Å². The maximum atomic E-state index is 2.71. The quantitative estimate of drug-likeness (QED) is 0.293. The molecule has 4 aromatic carbocycles. The Morgan fingerprint density at radius 1 is 0.361 bits per heavy atom. The first kappa shape index (κ1) is 23.2. The van der Waals surface area contributed by atoms with Crippen LogP contribution in [0.25, 0.3) is 0 Å². The summed E-state index contributed by atoms with van der Waals surface area (Å²) in [6, 6.07) is 44.6. The Morgan fingerprint density at radius 2 is 0.583 bits per heavy atom. The second kappa shape index (κ2) is 10.8.